The third-order valence-corrected chi connectivity index (χ3v) is 6.96. The summed E-state index contributed by atoms with van der Waals surface area (Å²) in [6.45, 7) is 3.43. The number of aliphatic hydroxyl groups is 1. The standard InChI is InChI=1S/C30H39N7O7/c1-18(2)25-29(43)33-19(3)26(40)35-23(17-38)28(42)34-22(14-20-8-5-4-6-9-20)27(41)32-12-13-37(16-24(39)36-25)30(44)21-10-7-11-31-15-21/h4-11,15,18-19,22-23,25,38H,12-14,16-17H2,1-3H3,(H,32,41)(H,33,43)(H,34,42)(H,35,40)(H,36,39)/t19-,22+,23-,25+/m0/s1. The van der Waals surface area contributed by atoms with Gasteiger partial charge in [-0.1, -0.05) is 44.2 Å². The lowest BCUT2D eigenvalue weighted by molar-refractivity contribution is -0.135. The van der Waals surface area contributed by atoms with Crippen LogP contribution in [-0.2, 0) is 30.4 Å². The lowest BCUT2D eigenvalue weighted by atomic mass is 10.0. The van der Waals surface area contributed by atoms with Crippen LogP contribution >= 0.6 is 0 Å². The Labute approximate surface area is 255 Å². The minimum atomic E-state index is -1.42. The molecule has 0 radical (unpaired) electrons. The van der Waals surface area contributed by atoms with Gasteiger partial charge in [-0.25, -0.2) is 0 Å². The topological polar surface area (TPSA) is 199 Å². The maximum absolute atomic E-state index is 13.3. The van der Waals surface area contributed by atoms with Gasteiger partial charge in [-0.2, -0.15) is 0 Å². The first-order valence-electron chi connectivity index (χ1n) is 14.3. The average Bonchev–Trinajstić information content (AvgIpc) is 3.01. The van der Waals surface area contributed by atoms with E-state index < -0.39 is 72.8 Å². The van der Waals surface area contributed by atoms with E-state index in [9.17, 15) is 33.9 Å². The molecule has 44 heavy (non-hydrogen) atoms. The van der Waals surface area contributed by atoms with E-state index >= 15 is 0 Å². The summed E-state index contributed by atoms with van der Waals surface area (Å²) in [5.74, 6) is -4.34. The summed E-state index contributed by atoms with van der Waals surface area (Å²) in [4.78, 5) is 84.0. The molecule has 1 aromatic carbocycles. The van der Waals surface area contributed by atoms with Crippen molar-refractivity contribution in [2.24, 2.45) is 5.92 Å². The molecule has 4 atom stereocenters. The van der Waals surface area contributed by atoms with E-state index in [4.69, 9.17) is 0 Å². The molecule has 0 bridgehead atoms. The second-order valence-electron chi connectivity index (χ2n) is 10.8. The number of carbonyl (C=O) groups is 6. The molecule has 0 unspecified atom stereocenters. The molecule has 1 aliphatic rings. The molecule has 236 valence electrons. The number of nitrogens with zero attached hydrogens (tertiary/aromatic N) is 2. The fourth-order valence-corrected chi connectivity index (χ4v) is 4.48. The number of aliphatic hydroxyl groups excluding tert-OH is 1. The van der Waals surface area contributed by atoms with Gasteiger partial charge in [0.15, 0.2) is 0 Å². The van der Waals surface area contributed by atoms with Gasteiger partial charge in [0.25, 0.3) is 5.91 Å². The highest BCUT2D eigenvalue weighted by atomic mass is 16.3. The third kappa shape index (κ3) is 9.59. The molecule has 0 saturated carbocycles. The quantitative estimate of drug-likeness (QED) is 0.235. The van der Waals surface area contributed by atoms with Gasteiger partial charge in [-0.15, -0.1) is 0 Å². The van der Waals surface area contributed by atoms with E-state index in [1.165, 1.54) is 30.3 Å². The number of carbonyl (C=O) groups excluding carboxylic acids is 6. The van der Waals surface area contributed by atoms with Crippen LogP contribution in [0.2, 0.25) is 0 Å². The Morgan fingerprint density at radius 2 is 1.61 bits per heavy atom. The molecule has 1 aromatic heterocycles. The first kappa shape index (κ1) is 33.6. The average molecular weight is 610 g/mol. The fraction of sp³-hybridized carbons (Fsp3) is 0.433. The lowest BCUT2D eigenvalue weighted by Gasteiger charge is -2.28. The Hall–Kier alpha value is -4.85. The van der Waals surface area contributed by atoms with E-state index in [1.54, 1.807) is 50.2 Å². The molecular formula is C30H39N7O7. The van der Waals surface area contributed by atoms with Crippen molar-refractivity contribution in [3.63, 3.8) is 0 Å². The normalized spacial score (nSPS) is 22.9. The first-order chi connectivity index (χ1) is 21.0. The number of hydrogen-bond acceptors (Lipinski definition) is 8. The van der Waals surface area contributed by atoms with Crippen LogP contribution in [0.4, 0.5) is 0 Å². The highest BCUT2D eigenvalue weighted by Gasteiger charge is 2.31. The van der Waals surface area contributed by atoms with Gasteiger partial charge in [0.1, 0.15) is 24.2 Å². The van der Waals surface area contributed by atoms with Crippen LogP contribution in [0.15, 0.2) is 54.9 Å². The Kier molecular flexibility index (Phi) is 12.3. The van der Waals surface area contributed by atoms with Crippen molar-refractivity contribution in [2.75, 3.05) is 26.2 Å². The van der Waals surface area contributed by atoms with E-state index in [-0.39, 0.29) is 31.0 Å². The van der Waals surface area contributed by atoms with Gasteiger partial charge in [0.05, 0.1) is 18.7 Å². The van der Waals surface area contributed by atoms with Crippen LogP contribution in [0, 0.1) is 5.92 Å². The van der Waals surface area contributed by atoms with Crippen molar-refractivity contribution < 1.29 is 33.9 Å². The Morgan fingerprint density at radius 1 is 0.909 bits per heavy atom. The maximum Gasteiger partial charge on any atom is 0.255 e. The van der Waals surface area contributed by atoms with Crippen LogP contribution in [-0.4, -0.2) is 101 Å². The number of amides is 6. The van der Waals surface area contributed by atoms with Gasteiger partial charge >= 0.3 is 0 Å². The zero-order chi connectivity index (χ0) is 32.2. The van der Waals surface area contributed by atoms with Crippen molar-refractivity contribution >= 4 is 35.4 Å². The Morgan fingerprint density at radius 3 is 2.25 bits per heavy atom. The molecule has 1 saturated heterocycles. The lowest BCUT2D eigenvalue weighted by Crippen LogP contribution is -2.60. The van der Waals surface area contributed by atoms with Crippen molar-refractivity contribution in [1.82, 2.24) is 36.5 Å². The molecular weight excluding hydrogens is 570 g/mol. The summed E-state index contributed by atoms with van der Waals surface area (Å²) in [6, 6.07) is 7.30. The van der Waals surface area contributed by atoms with Crippen molar-refractivity contribution in [2.45, 2.75) is 51.4 Å². The smallest absolute Gasteiger partial charge is 0.255 e. The zero-order valence-corrected chi connectivity index (χ0v) is 24.9. The molecule has 14 nitrogen and oxygen atoms in total. The highest BCUT2D eigenvalue weighted by Crippen LogP contribution is 2.08. The number of pyridine rings is 1. The van der Waals surface area contributed by atoms with E-state index in [0.717, 1.165) is 5.56 Å². The van der Waals surface area contributed by atoms with Crippen LogP contribution in [0.5, 0.6) is 0 Å². The second-order valence-corrected chi connectivity index (χ2v) is 10.8. The second kappa shape index (κ2) is 16.1. The van der Waals surface area contributed by atoms with Gasteiger partial charge in [0, 0.05) is 31.9 Å². The molecule has 1 fully saturated rings. The molecule has 0 aliphatic carbocycles. The van der Waals surface area contributed by atoms with Crippen LogP contribution in [0.25, 0.3) is 0 Å². The zero-order valence-electron chi connectivity index (χ0n) is 24.9. The molecule has 2 heterocycles. The molecule has 6 amide bonds. The van der Waals surface area contributed by atoms with E-state index in [0.29, 0.717) is 0 Å². The van der Waals surface area contributed by atoms with Crippen molar-refractivity contribution in [3.05, 3.63) is 66.0 Å². The maximum atomic E-state index is 13.3. The minimum absolute atomic E-state index is 0.0783. The number of nitrogens with one attached hydrogen (secondary N) is 5. The number of benzene rings is 1. The summed E-state index contributed by atoms with van der Waals surface area (Å²) in [7, 11) is 0. The third-order valence-electron chi connectivity index (χ3n) is 6.96. The summed E-state index contributed by atoms with van der Waals surface area (Å²) in [5, 5.41) is 22.7. The van der Waals surface area contributed by atoms with Gasteiger partial charge in [0.2, 0.25) is 29.5 Å². The largest absolute Gasteiger partial charge is 0.394 e. The number of hydrogen-bond donors (Lipinski definition) is 6. The van der Waals surface area contributed by atoms with E-state index in [2.05, 4.69) is 31.6 Å². The minimum Gasteiger partial charge on any atom is -0.394 e. The SMILES string of the molecule is CC(C)[C@H]1NC(=O)CN(C(=O)c2cccnc2)CCNC(=O)[C@@H](Cc2ccccc2)NC(=O)[C@H](CO)NC(=O)[C@H](C)NC1=O. The number of aromatic nitrogens is 1. The highest BCUT2D eigenvalue weighted by molar-refractivity contribution is 5.98. The molecule has 14 heteroatoms. The Bertz CT molecular complexity index is 1320. The van der Waals surface area contributed by atoms with Gasteiger partial charge in [-0.3, -0.25) is 33.8 Å². The predicted octanol–water partition coefficient (Wildman–Crippen LogP) is -1.50. The van der Waals surface area contributed by atoms with Crippen LogP contribution in [0.3, 0.4) is 0 Å². The summed E-state index contributed by atoms with van der Waals surface area (Å²) in [5.41, 5.74) is 0.955. The van der Waals surface area contributed by atoms with Crippen LogP contribution < -0.4 is 26.6 Å². The summed E-state index contributed by atoms with van der Waals surface area (Å²) >= 11 is 0. The van der Waals surface area contributed by atoms with Gasteiger partial charge in [-0.05, 0) is 30.5 Å². The van der Waals surface area contributed by atoms with Crippen molar-refractivity contribution in [1.29, 1.82) is 0 Å². The summed E-state index contributed by atoms with van der Waals surface area (Å²) in [6.07, 6.45) is 2.94. The molecule has 0 spiro atoms. The molecule has 1 aliphatic heterocycles. The van der Waals surface area contributed by atoms with Gasteiger partial charge < -0.3 is 36.6 Å². The predicted molar refractivity (Wildman–Crippen MR) is 159 cm³/mol. The Balaban J connectivity index is 1.92. The van der Waals surface area contributed by atoms with Crippen LogP contribution in [0.1, 0.15) is 36.7 Å². The molecule has 2 aromatic rings. The summed E-state index contributed by atoms with van der Waals surface area (Å²) < 4.78 is 0. The molecule has 3 rings (SSSR count). The first-order valence-corrected chi connectivity index (χ1v) is 14.3. The van der Waals surface area contributed by atoms with E-state index in [1.807, 2.05) is 0 Å². The molecule has 6 N–H and O–H groups in total. The number of rotatable bonds is 5. The monoisotopic (exact) mass is 609 g/mol. The fourth-order valence-electron chi connectivity index (χ4n) is 4.48. The van der Waals surface area contributed by atoms with Crippen molar-refractivity contribution in [3.8, 4) is 0 Å².